The second-order valence-electron chi connectivity index (χ2n) is 2.29. The first-order valence-corrected chi connectivity index (χ1v) is 3.41. The smallest absolute Gasteiger partial charge is 0.253 e. The Hall–Kier alpha value is -1.03. The maximum absolute atomic E-state index is 10.8. The molecule has 0 aliphatic heterocycles. The summed E-state index contributed by atoms with van der Waals surface area (Å²) in [6, 6.07) is 1.23. The van der Waals surface area contributed by atoms with E-state index in [1.807, 2.05) is 0 Å². The maximum atomic E-state index is 10.8. The van der Waals surface area contributed by atoms with E-state index in [0.29, 0.717) is 5.95 Å². The number of nitrogens with one attached hydrogen (secondary N) is 1. The average molecular weight is 174 g/mol. The molecule has 4 nitrogen and oxygen atoms in total. The number of rotatable bonds is 1. The molecular formula is C6H8ClN3O. The summed E-state index contributed by atoms with van der Waals surface area (Å²) >= 11 is 5.54. The minimum atomic E-state index is -0.242. The van der Waals surface area contributed by atoms with Crippen molar-refractivity contribution in [1.82, 2.24) is 9.97 Å². The summed E-state index contributed by atoms with van der Waals surface area (Å²) in [4.78, 5) is 18.9. The normalized spacial score (nSPS) is 9.73. The van der Waals surface area contributed by atoms with Crippen LogP contribution in [0.4, 0.5) is 5.95 Å². The lowest BCUT2D eigenvalue weighted by atomic mass is 10.6. The van der Waals surface area contributed by atoms with Gasteiger partial charge < -0.3 is 4.90 Å². The summed E-state index contributed by atoms with van der Waals surface area (Å²) < 4.78 is 0. The number of halogens is 1. The average Bonchev–Trinajstić information content (AvgIpc) is 1.85. The maximum Gasteiger partial charge on any atom is 0.253 e. The first-order valence-electron chi connectivity index (χ1n) is 3.04. The van der Waals surface area contributed by atoms with Gasteiger partial charge in [-0.15, -0.1) is 0 Å². The summed E-state index contributed by atoms with van der Waals surface area (Å²) in [6.07, 6.45) is 0. The van der Waals surface area contributed by atoms with E-state index >= 15 is 0 Å². The van der Waals surface area contributed by atoms with Crippen molar-refractivity contribution in [3.63, 3.8) is 0 Å². The van der Waals surface area contributed by atoms with Crippen LogP contribution in [-0.2, 0) is 0 Å². The third kappa shape index (κ3) is 1.94. The van der Waals surface area contributed by atoms with E-state index in [0.717, 1.165) is 0 Å². The van der Waals surface area contributed by atoms with Crippen LogP contribution in [0.3, 0.4) is 0 Å². The SMILES string of the molecule is CN(C)c1nc(Cl)cc(=O)[nH]1. The van der Waals surface area contributed by atoms with E-state index < -0.39 is 0 Å². The molecule has 0 saturated heterocycles. The zero-order valence-electron chi connectivity index (χ0n) is 6.26. The highest BCUT2D eigenvalue weighted by atomic mass is 35.5. The summed E-state index contributed by atoms with van der Waals surface area (Å²) in [6.45, 7) is 0. The predicted molar refractivity (Wildman–Crippen MR) is 44.2 cm³/mol. The van der Waals surface area contributed by atoms with E-state index in [4.69, 9.17) is 11.6 Å². The van der Waals surface area contributed by atoms with Crippen molar-refractivity contribution in [2.45, 2.75) is 0 Å². The Morgan fingerprint density at radius 3 is 2.73 bits per heavy atom. The van der Waals surface area contributed by atoms with Gasteiger partial charge in [0.05, 0.1) is 0 Å². The van der Waals surface area contributed by atoms with Gasteiger partial charge in [-0.05, 0) is 0 Å². The molecule has 1 aromatic rings. The molecule has 1 aromatic heterocycles. The van der Waals surface area contributed by atoms with E-state index in [9.17, 15) is 4.79 Å². The molecule has 1 N–H and O–H groups in total. The Labute approximate surface area is 68.8 Å². The van der Waals surface area contributed by atoms with Gasteiger partial charge >= 0.3 is 0 Å². The minimum Gasteiger partial charge on any atom is -0.348 e. The molecule has 0 fully saturated rings. The van der Waals surface area contributed by atoms with Crippen molar-refractivity contribution >= 4 is 17.5 Å². The zero-order chi connectivity index (χ0) is 8.43. The molecule has 0 unspecified atom stereocenters. The second-order valence-corrected chi connectivity index (χ2v) is 2.67. The Morgan fingerprint density at radius 1 is 1.64 bits per heavy atom. The van der Waals surface area contributed by atoms with Gasteiger partial charge in [-0.2, -0.15) is 0 Å². The highest BCUT2D eigenvalue weighted by molar-refractivity contribution is 6.29. The number of aromatic amines is 1. The molecule has 0 saturated carbocycles. The molecule has 0 aliphatic carbocycles. The lowest BCUT2D eigenvalue weighted by molar-refractivity contribution is 0.981. The van der Waals surface area contributed by atoms with Crippen molar-refractivity contribution in [2.75, 3.05) is 19.0 Å². The molecule has 11 heavy (non-hydrogen) atoms. The van der Waals surface area contributed by atoms with E-state index in [1.54, 1.807) is 19.0 Å². The number of hydrogen-bond acceptors (Lipinski definition) is 3. The molecular weight excluding hydrogens is 166 g/mol. The molecule has 0 atom stereocenters. The van der Waals surface area contributed by atoms with Crippen LogP contribution in [0.2, 0.25) is 5.15 Å². The Kier molecular flexibility index (Phi) is 2.14. The van der Waals surface area contributed by atoms with Crippen LogP contribution in [-0.4, -0.2) is 24.1 Å². The number of aromatic nitrogens is 2. The van der Waals surface area contributed by atoms with Gasteiger partial charge in [0.2, 0.25) is 5.95 Å². The van der Waals surface area contributed by atoms with Crippen molar-refractivity contribution in [3.05, 3.63) is 21.6 Å². The van der Waals surface area contributed by atoms with E-state index in [2.05, 4.69) is 9.97 Å². The van der Waals surface area contributed by atoms with Crippen molar-refractivity contribution < 1.29 is 0 Å². The van der Waals surface area contributed by atoms with Crippen LogP contribution >= 0.6 is 11.6 Å². The van der Waals surface area contributed by atoms with E-state index in [-0.39, 0.29) is 10.7 Å². The fourth-order valence-electron chi connectivity index (χ4n) is 0.628. The number of H-pyrrole nitrogens is 1. The van der Waals surface area contributed by atoms with Crippen LogP contribution in [0.15, 0.2) is 10.9 Å². The third-order valence-corrected chi connectivity index (χ3v) is 1.32. The Bertz CT molecular complexity index is 307. The molecule has 0 amide bonds. The molecule has 0 aromatic carbocycles. The van der Waals surface area contributed by atoms with Crippen LogP contribution in [0.5, 0.6) is 0 Å². The quantitative estimate of drug-likeness (QED) is 0.629. The second kappa shape index (κ2) is 2.92. The lowest BCUT2D eigenvalue weighted by Gasteiger charge is -2.09. The van der Waals surface area contributed by atoms with Gasteiger partial charge in [-0.25, -0.2) is 4.98 Å². The first kappa shape index (κ1) is 8.07. The van der Waals surface area contributed by atoms with Gasteiger partial charge in [-0.3, -0.25) is 9.78 Å². The molecule has 0 bridgehead atoms. The number of anilines is 1. The summed E-state index contributed by atoms with van der Waals surface area (Å²) in [7, 11) is 3.54. The summed E-state index contributed by atoms with van der Waals surface area (Å²) in [5.41, 5.74) is -0.242. The molecule has 0 radical (unpaired) electrons. The van der Waals surface area contributed by atoms with E-state index in [1.165, 1.54) is 6.07 Å². The van der Waals surface area contributed by atoms with Crippen molar-refractivity contribution in [3.8, 4) is 0 Å². The molecule has 5 heteroatoms. The highest BCUT2D eigenvalue weighted by Gasteiger charge is 1.99. The highest BCUT2D eigenvalue weighted by Crippen LogP contribution is 2.04. The number of nitrogens with zero attached hydrogens (tertiary/aromatic N) is 2. The van der Waals surface area contributed by atoms with Gasteiger partial charge in [0, 0.05) is 20.2 Å². The van der Waals surface area contributed by atoms with Gasteiger partial charge in [0.1, 0.15) is 5.15 Å². The van der Waals surface area contributed by atoms with Crippen molar-refractivity contribution in [2.24, 2.45) is 0 Å². The minimum absolute atomic E-state index is 0.206. The molecule has 1 rings (SSSR count). The van der Waals surface area contributed by atoms with Crippen molar-refractivity contribution in [1.29, 1.82) is 0 Å². The van der Waals surface area contributed by atoms with Crippen LogP contribution in [0.1, 0.15) is 0 Å². The third-order valence-electron chi connectivity index (χ3n) is 1.12. The standard InChI is InChI=1S/C6H8ClN3O/c1-10(2)6-8-4(7)3-5(11)9-6/h3H,1-2H3,(H,8,9,11). The largest absolute Gasteiger partial charge is 0.348 e. The fourth-order valence-corrected chi connectivity index (χ4v) is 0.807. The van der Waals surface area contributed by atoms with Crippen LogP contribution < -0.4 is 10.5 Å². The molecule has 60 valence electrons. The monoisotopic (exact) mass is 173 g/mol. The Balaban J connectivity index is 3.19. The predicted octanol–water partition coefficient (Wildman–Crippen LogP) is 0.489. The fraction of sp³-hybridized carbons (Fsp3) is 0.333. The van der Waals surface area contributed by atoms with Crippen LogP contribution in [0, 0.1) is 0 Å². The Morgan fingerprint density at radius 2 is 2.27 bits per heavy atom. The number of hydrogen-bond donors (Lipinski definition) is 1. The van der Waals surface area contributed by atoms with Gasteiger partial charge in [-0.1, -0.05) is 11.6 Å². The molecule has 0 spiro atoms. The first-order chi connectivity index (χ1) is 5.09. The summed E-state index contributed by atoms with van der Waals surface area (Å²) in [5, 5.41) is 0.206. The topological polar surface area (TPSA) is 49.0 Å². The molecule has 1 heterocycles. The lowest BCUT2D eigenvalue weighted by Crippen LogP contribution is -2.17. The summed E-state index contributed by atoms with van der Waals surface area (Å²) in [5.74, 6) is 0.461. The van der Waals surface area contributed by atoms with Crippen LogP contribution in [0.25, 0.3) is 0 Å². The van der Waals surface area contributed by atoms with Gasteiger partial charge in [0.15, 0.2) is 0 Å². The van der Waals surface area contributed by atoms with Gasteiger partial charge in [0.25, 0.3) is 5.56 Å². The zero-order valence-corrected chi connectivity index (χ0v) is 7.01. The molecule has 0 aliphatic rings.